The van der Waals surface area contributed by atoms with E-state index < -0.39 is 10.9 Å². The van der Waals surface area contributed by atoms with E-state index in [-0.39, 0.29) is 30.4 Å². The highest BCUT2D eigenvalue weighted by atomic mass is 16.6. The molecule has 0 aliphatic rings. The van der Waals surface area contributed by atoms with Crippen LogP contribution in [0.1, 0.15) is 6.42 Å². The predicted octanol–water partition coefficient (Wildman–Crippen LogP) is 0.885. The molecule has 1 aromatic heterocycles. The van der Waals surface area contributed by atoms with E-state index in [9.17, 15) is 14.9 Å². The average Bonchev–Trinajstić information content (AvgIpc) is 2.28. The molecular weight excluding hydrogens is 230 g/mol. The fourth-order valence-corrected chi connectivity index (χ4v) is 1.11. The summed E-state index contributed by atoms with van der Waals surface area (Å²) in [5, 5.41) is 21.7. The van der Waals surface area contributed by atoms with E-state index >= 15 is 0 Å². The quantitative estimate of drug-likeness (QED) is 0.561. The van der Waals surface area contributed by atoms with E-state index in [0.29, 0.717) is 0 Å². The Kier molecular flexibility index (Phi) is 4.21. The lowest BCUT2D eigenvalue weighted by atomic mass is 10.3. The number of methoxy groups -OCH3 is 1. The Morgan fingerprint density at radius 2 is 2.35 bits per heavy atom. The zero-order valence-corrected chi connectivity index (χ0v) is 9.04. The van der Waals surface area contributed by atoms with E-state index in [2.05, 4.69) is 10.3 Å². The van der Waals surface area contributed by atoms with E-state index in [1.54, 1.807) is 0 Å². The smallest absolute Gasteiger partial charge is 0.311 e. The number of ether oxygens (including phenoxy) is 1. The monoisotopic (exact) mass is 241 g/mol. The Morgan fingerprint density at radius 3 is 2.88 bits per heavy atom. The van der Waals surface area contributed by atoms with Gasteiger partial charge in [-0.3, -0.25) is 14.9 Å². The molecule has 0 aromatic carbocycles. The maximum absolute atomic E-state index is 10.7. The molecular formula is C9H11N3O5. The molecule has 0 spiro atoms. The summed E-state index contributed by atoms with van der Waals surface area (Å²) in [5.41, 5.74) is -0.226. The van der Waals surface area contributed by atoms with Gasteiger partial charge in [-0.15, -0.1) is 0 Å². The molecule has 0 aliphatic carbocycles. The zero-order chi connectivity index (χ0) is 12.8. The summed E-state index contributed by atoms with van der Waals surface area (Å²) < 4.78 is 4.83. The number of carboxylic acids is 1. The lowest BCUT2D eigenvalue weighted by Gasteiger charge is -2.06. The van der Waals surface area contributed by atoms with E-state index in [0.717, 1.165) is 0 Å². The normalized spacial score (nSPS) is 9.71. The Bertz CT molecular complexity index is 435. The largest absolute Gasteiger partial charge is 0.481 e. The van der Waals surface area contributed by atoms with Crippen molar-refractivity contribution in [1.29, 1.82) is 0 Å². The minimum atomic E-state index is -0.997. The van der Waals surface area contributed by atoms with Crippen LogP contribution in [-0.2, 0) is 4.79 Å². The van der Waals surface area contributed by atoms with Gasteiger partial charge in [0.2, 0.25) is 11.7 Å². The van der Waals surface area contributed by atoms with Crippen LogP contribution in [0.25, 0.3) is 0 Å². The maximum Gasteiger partial charge on any atom is 0.311 e. The van der Waals surface area contributed by atoms with E-state index in [1.807, 2.05) is 0 Å². The number of hydrogen-bond donors (Lipinski definition) is 2. The van der Waals surface area contributed by atoms with Gasteiger partial charge in [0.1, 0.15) is 0 Å². The molecule has 0 atom stereocenters. The second kappa shape index (κ2) is 5.64. The molecule has 0 saturated carbocycles. The zero-order valence-electron chi connectivity index (χ0n) is 9.04. The van der Waals surface area contributed by atoms with Gasteiger partial charge in [-0.05, 0) is 0 Å². The van der Waals surface area contributed by atoms with Crippen molar-refractivity contribution in [3.63, 3.8) is 0 Å². The Hall–Kier alpha value is -2.38. The number of rotatable bonds is 6. The van der Waals surface area contributed by atoms with Crippen molar-refractivity contribution in [3.8, 4) is 5.88 Å². The molecule has 8 nitrogen and oxygen atoms in total. The number of carbonyl (C=O) groups is 1. The van der Waals surface area contributed by atoms with Gasteiger partial charge in [0.05, 0.1) is 18.5 Å². The highest BCUT2D eigenvalue weighted by Gasteiger charge is 2.16. The number of aliphatic carboxylic acids is 1. The van der Waals surface area contributed by atoms with Crippen molar-refractivity contribution in [3.05, 3.63) is 22.2 Å². The third-order valence-electron chi connectivity index (χ3n) is 1.89. The van der Waals surface area contributed by atoms with Crippen molar-refractivity contribution >= 4 is 17.5 Å². The van der Waals surface area contributed by atoms with Crippen molar-refractivity contribution < 1.29 is 19.6 Å². The summed E-state index contributed by atoms with van der Waals surface area (Å²) in [6.45, 7) is 0.0519. The highest BCUT2D eigenvalue weighted by Crippen LogP contribution is 2.24. The fourth-order valence-electron chi connectivity index (χ4n) is 1.11. The molecule has 0 saturated heterocycles. The lowest BCUT2D eigenvalue weighted by Crippen LogP contribution is -2.10. The summed E-state index contributed by atoms with van der Waals surface area (Å²) >= 11 is 0. The van der Waals surface area contributed by atoms with Gasteiger partial charge in [0, 0.05) is 18.7 Å². The standard InChI is InChI=1S/C9H11N3O5/c1-17-7-3-2-6(12(15)16)9(11-7)10-5-4-8(13)14/h2-3H,4-5H2,1H3,(H,10,11)(H,13,14). The Labute approximate surface area is 96.4 Å². The number of carboxylic acid groups (broad SMARTS) is 1. The van der Waals surface area contributed by atoms with Gasteiger partial charge < -0.3 is 15.2 Å². The van der Waals surface area contributed by atoms with E-state index in [1.165, 1.54) is 19.2 Å². The first-order valence-electron chi connectivity index (χ1n) is 4.69. The van der Waals surface area contributed by atoms with E-state index in [4.69, 9.17) is 9.84 Å². The predicted molar refractivity (Wildman–Crippen MR) is 58.2 cm³/mol. The first kappa shape index (κ1) is 12.7. The molecule has 1 heterocycles. The second-order valence-electron chi connectivity index (χ2n) is 3.05. The molecule has 0 radical (unpaired) electrons. The minimum absolute atomic E-state index is 0.00407. The third kappa shape index (κ3) is 3.59. The van der Waals surface area contributed by atoms with Crippen LogP contribution in [0.5, 0.6) is 5.88 Å². The summed E-state index contributed by atoms with van der Waals surface area (Å²) in [4.78, 5) is 24.2. The summed E-state index contributed by atoms with van der Waals surface area (Å²) in [6, 6.07) is 2.61. The van der Waals surface area contributed by atoms with Crippen LogP contribution >= 0.6 is 0 Å². The first-order chi connectivity index (χ1) is 8.04. The molecule has 0 unspecified atom stereocenters. The number of anilines is 1. The van der Waals surface area contributed by atoms with Gasteiger partial charge in [0.15, 0.2) is 0 Å². The minimum Gasteiger partial charge on any atom is -0.481 e. The van der Waals surface area contributed by atoms with Gasteiger partial charge in [-0.25, -0.2) is 0 Å². The van der Waals surface area contributed by atoms with Crippen LogP contribution in [0.15, 0.2) is 12.1 Å². The molecule has 0 fully saturated rings. The first-order valence-corrected chi connectivity index (χ1v) is 4.69. The SMILES string of the molecule is COc1ccc([N+](=O)[O-])c(NCCC(=O)O)n1. The van der Waals surface area contributed by atoms with Gasteiger partial charge in [0.25, 0.3) is 0 Å². The van der Waals surface area contributed by atoms with Crippen molar-refractivity contribution in [2.45, 2.75) is 6.42 Å². The van der Waals surface area contributed by atoms with Crippen LogP contribution in [0, 0.1) is 10.1 Å². The molecule has 0 amide bonds. The van der Waals surface area contributed by atoms with Gasteiger partial charge >= 0.3 is 11.7 Å². The molecule has 8 heteroatoms. The fraction of sp³-hybridized carbons (Fsp3) is 0.333. The number of nitro groups is 1. The topological polar surface area (TPSA) is 115 Å². The third-order valence-corrected chi connectivity index (χ3v) is 1.89. The molecule has 92 valence electrons. The molecule has 0 bridgehead atoms. The summed E-state index contributed by atoms with van der Waals surface area (Å²) in [7, 11) is 1.38. The number of aromatic nitrogens is 1. The Morgan fingerprint density at radius 1 is 1.65 bits per heavy atom. The average molecular weight is 241 g/mol. The summed E-state index contributed by atoms with van der Waals surface area (Å²) in [5.74, 6) is -0.785. The van der Waals surface area contributed by atoms with Crippen molar-refractivity contribution in [2.75, 3.05) is 19.0 Å². The van der Waals surface area contributed by atoms with Crippen molar-refractivity contribution in [2.24, 2.45) is 0 Å². The molecule has 1 aromatic rings. The van der Waals surface area contributed by atoms with Crippen LogP contribution in [0.3, 0.4) is 0 Å². The highest BCUT2D eigenvalue weighted by molar-refractivity contribution is 5.68. The van der Waals surface area contributed by atoms with Crippen LogP contribution in [-0.4, -0.2) is 34.6 Å². The summed E-state index contributed by atoms with van der Waals surface area (Å²) in [6.07, 6.45) is -0.157. The number of hydrogen-bond acceptors (Lipinski definition) is 6. The lowest BCUT2D eigenvalue weighted by molar-refractivity contribution is -0.384. The number of nitrogens with zero attached hydrogens (tertiary/aromatic N) is 2. The van der Waals surface area contributed by atoms with Crippen LogP contribution in [0.4, 0.5) is 11.5 Å². The second-order valence-corrected chi connectivity index (χ2v) is 3.05. The maximum atomic E-state index is 10.7. The molecule has 17 heavy (non-hydrogen) atoms. The Balaban J connectivity index is 2.85. The number of pyridine rings is 1. The van der Waals surface area contributed by atoms with Crippen molar-refractivity contribution in [1.82, 2.24) is 4.98 Å². The van der Waals surface area contributed by atoms with Gasteiger partial charge in [-0.2, -0.15) is 4.98 Å². The van der Waals surface area contributed by atoms with Gasteiger partial charge in [-0.1, -0.05) is 0 Å². The van der Waals surface area contributed by atoms with Crippen LogP contribution < -0.4 is 10.1 Å². The van der Waals surface area contributed by atoms with Crippen LogP contribution in [0.2, 0.25) is 0 Å². The molecule has 0 aliphatic heterocycles. The molecule has 1 rings (SSSR count). The number of nitrogens with one attached hydrogen (secondary N) is 1. The molecule has 2 N–H and O–H groups in total.